The van der Waals surface area contributed by atoms with Gasteiger partial charge in [-0.1, -0.05) is 0 Å². The number of aliphatic hydroxyl groups is 1. The standard InChI is InChI=1S/C13H24O5/c1-12(2,3)17-10(15)8-7-9(14)11(16)18-13(4,5)6/h9,14H,7-8H2,1-6H3. The molecule has 0 radical (unpaired) electrons. The van der Waals surface area contributed by atoms with Crippen LogP contribution in [0.4, 0.5) is 0 Å². The van der Waals surface area contributed by atoms with Crippen molar-refractivity contribution >= 4 is 11.9 Å². The van der Waals surface area contributed by atoms with Crippen molar-refractivity contribution in [3.63, 3.8) is 0 Å². The van der Waals surface area contributed by atoms with Crippen LogP contribution in [0.15, 0.2) is 0 Å². The van der Waals surface area contributed by atoms with E-state index in [0.29, 0.717) is 0 Å². The van der Waals surface area contributed by atoms with Gasteiger partial charge < -0.3 is 14.6 Å². The van der Waals surface area contributed by atoms with Gasteiger partial charge in [-0.05, 0) is 48.0 Å². The van der Waals surface area contributed by atoms with Gasteiger partial charge in [-0.25, -0.2) is 4.79 Å². The number of hydrogen-bond donors (Lipinski definition) is 1. The Labute approximate surface area is 108 Å². The number of hydrogen-bond acceptors (Lipinski definition) is 5. The molecule has 0 fully saturated rings. The van der Waals surface area contributed by atoms with Crippen molar-refractivity contribution in [1.29, 1.82) is 0 Å². The van der Waals surface area contributed by atoms with Gasteiger partial charge in [0.25, 0.3) is 0 Å². The van der Waals surface area contributed by atoms with Crippen LogP contribution in [0.25, 0.3) is 0 Å². The van der Waals surface area contributed by atoms with E-state index in [2.05, 4.69) is 0 Å². The molecule has 0 bridgehead atoms. The van der Waals surface area contributed by atoms with Crippen molar-refractivity contribution in [2.45, 2.75) is 71.7 Å². The summed E-state index contributed by atoms with van der Waals surface area (Å²) in [4.78, 5) is 22.8. The summed E-state index contributed by atoms with van der Waals surface area (Å²) in [7, 11) is 0. The number of carbonyl (C=O) groups is 2. The first-order valence-electron chi connectivity index (χ1n) is 6.03. The Bertz CT molecular complexity index is 295. The molecule has 0 aliphatic carbocycles. The zero-order valence-electron chi connectivity index (χ0n) is 12.1. The van der Waals surface area contributed by atoms with Gasteiger partial charge in [0.05, 0.1) is 0 Å². The predicted octanol–water partition coefficient (Wildman–Crippen LogP) is 1.81. The third-order valence-electron chi connectivity index (χ3n) is 1.72. The first-order chi connectivity index (χ1) is 7.91. The topological polar surface area (TPSA) is 72.8 Å². The lowest BCUT2D eigenvalue weighted by molar-refractivity contribution is -0.166. The second-order valence-electron chi connectivity index (χ2n) is 6.17. The number of esters is 2. The molecule has 0 spiro atoms. The highest BCUT2D eigenvalue weighted by molar-refractivity contribution is 5.76. The third-order valence-corrected chi connectivity index (χ3v) is 1.72. The maximum atomic E-state index is 11.4. The maximum Gasteiger partial charge on any atom is 0.335 e. The molecule has 0 saturated carbocycles. The molecule has 0 aromatic rings. The lowest BCUT2D eigenvalue weighted by Crippen LogP contribution is -2.32. The fourth-order valence-electron chi connectivity index (χ4n) is 1.13. The van der Waals surface area contributed by atoms with E-state index in [1.54, 1.807) is 41.5 Å². The summed E-state index contributed by atoms with van der Waals surface area (Å²) in [6.45, 7) is 10.4. The van der Waals surface area contributed by atoms with Crippen LogP contribution in [0.1, 0.15) is 54.4 Å². The van der Waals surface area contributed by atoms with Crippen LogP contribution in [0.3, 0.4) is 0 Å². The fourth-order valence-corrected chi connectivity index (χ4v) is 1.13. The smallest absolute Gasteiger partial charge is 0.335 e. The van der Waals surface area contributed by atoms with Gasteiger partial charge >= 0.3 is 11.9 Å². The minimum absolute atomic E-state index is 0.00380. The van der Waals surface area contributed by atoms with Gasteiger partial charge in [0.2, 0.25) is 0 Å². The average molecular weight is 260 g/mol. The average Bonchev–Trinajstić information content (AvgIpc) is 2.08. The summed E-state index contributed by atoms with van der Waals surface area (Å²) in [6.07, 6.45) is -1.31. The molecule has 1 atom stereocenters. The molecule has 0 aromatic heterocycles. The van der Waals surface area contributed by atoms with Crippen molar-refractivity contribution < 1.29 is 24.2 Å². The number of rotatable bonds is 4. The summed E-state index contributed by atoms with van der Waals surface area (Å²) < 4.78 is 10.1. The Hall–Kier alpha value is -1.10. The Morgan fingerprint density at radius 1 is 1.00 bits per heavy atom. The van der Waals surface area contributed by atoms with Crippen molar-refractivity contribution in [3.8, 4) is 0 Å². The minimum Gasteiger partial charge on any atom is -0.460 e. The van der Waals surface area contributed by atoms with Crippen molar-refractivity contribution in [2.75, 3.05) is 0 Å². The van der Waals surface area contributed by atoms with Crippen molar-refractivity contribution in [1.82, 2.24) is 0 Å². The van der Waals surface area contributed by atoms with Gasteiger partial charge in [-0.3, -0.25) is 4.79 Å². The zero-order valence-corrected chi connectivity index (χ0v) is 12.1. The van der Waals surface area contributed by atoms with E-state index in [-0.39, 0.29) is 12.8 Å². The highest BCUT2D eigenvalue weighted by Gasteiger charge is 2.24. The molecule has 5 heteroatoms. The Balaban J connectivity index is 4.07. The van der Waals surface area contributed by atoms with E-state index in [4.69, 9.17) is 9.47 Å². The molecule has 0 aromatic carbocycles. The van der Waals surface area contributed by atoms with Gasteiger partial charge in [-0.2, -0.15) is 0 Å². The quantitative estimate of drug-likeness (QED) is 0.780. The zero-order chi connectivity index (χ0) is 14.6. The van der Waals surface area contributed by atoms with Crippen molar-refractivity contribution in [3.05, 3.63) is 0 Å². The number of aliphatic hydroxyl groups excluding tert-OH is 1. The Morgan fingerprint density at radius 2 is 1.44 bits per heavy atom. The van der Waals surface area contributed by atoms with Crippen LogP contribution in [0, 0.1) is 0 Å². The van der Waals surface area contributed by atoms with Crippen LogP contribution in [-0.2, 0) is 19.1 Å². The second-order valence-corrected chi connectivity index (χ2v) is 6.17. The second kappa shape index (κ2) is 6.18. The first kappa shape index (κ1) is 16.9. The number of carbonyl (C=O) groups excluding carboxylic acids is 2. The minimum atomic E-state index is -1.29. The summed E-state index contributed by atoms with van der Waals surface area (Å²) in [5, 5.41) is 9.55. The third kappa shape index (κ3) is 8.98. The van der Waals surface area contributed by atoms with E-state index in [1.807, 2.05) is 0 Å². The first-order valence-corrected chi connectivity index (χ1v) is 6.03. The maximum absolute atomic E-state index is 11.4. The lowest BCUT2D eigenvalue weighted by Gasteiger charge is -2.22. The SMILES string of the molecule is CC(C)(C)OC(=O)CCC(O)C(=O)OC(C)(C)C. The van der Waals surface area contributed by atoms with E-state index < -0.39 is 29.2 Å². The molecular weight excluding hydrogens is 236 g/mol. The molecule has 106 valence electrons. The van der Waals surface area contributed by atoms with Crippen LogP contribution in [0.2, 0.25) is 0 Å². The van der Waals surface area contributed by atoms with Crippen LogP contribution < -0.4 is 0 Å². The highest BCUT2D eigenvalue weighted by Crippen LogP contribution is 2.13. The number of ether oxygens (including phenoxy) is 2. The van der Waals surface area contributed by atoms with Gasteiger partial charge in [0, 0.05) is 6.42 Å². The van der Waals surface area contributed by atoms with Crippen LogP contribution >= 0.6 is 0 Å². The fraction of sp³-hybridized carbons (Fsp3) is 0.846. The summed E-state index contributed by atoms with van der Waals surface area (Å²) in [6, 6.07) is 0. The van der Waals surface area contributed by atoms with Gasteiger partial charge in [0.1, 0.15) is 11.2 Å². The lowest BCUT2D eigenvalue weighted by atomic mass is 10.1. The molecule has 0 rings (SSSR count). The molecule has 1 unspecified atom stereocenters. The van der Waals surface area contributed by atoms with Crippen LogP contribution in [0.5, 0.6) is 0 Å². The van der Waals surface area contributed by atoms with E-state index >= 15 is 0 Å². The summed E-state index contributed by atoms with van der Waals surface area (Å²) in [5.41, 5.74) is -1.21. The van der Waals surface area contributed by atoms with E-state index in [9.17, 15) is 14.7 Å². The molecule has 0 aliphatic rings. The molecule has 0 amide bonds. The molecule has 18 heavy (non-hydrogen) atoms. The summed E-state index contributed by atoms with van der Waals surface area (Å²) >= 11 is 0. The molecular formula is C13H24O5. The highest BCUT2D eigenvalue weighted by atomic mass is 16.6. The van der Waals surface area contributed by atoms with Gasteiger partial charge in [0.15, 0.2) is 6.10 Å². The monoisotopic (exact) mass is 260 g/mol. The molecule has 5 nitrogen and oxygen atoms in total. The largest absolute Gasteiger partial charge is 0.460 e. The van der Waals surface area contributed by atoms with Crippen LogP contribution in [-0.4, -0.2) is 34.4 Å². The molecule has 1 N–H and O–H groups in total. The predicted molar refractivity (Wildman–Crippen MR) is 66.9 cm³/mol. The molecule has 0 saturated heterocycles. The van der Waals surface area contributed by atoms with Crippen molar-refractivity contribution in [2.24, 2.45) is 0 Å². The summed E-state index contributed by atoms with van der Waals surface area (Å²) in [5.74, 6) is -1.16. The molecule has 0 heterocycles. The normalized spacial score (nSPS) is 13.9. The van der Waals surface area contributed by atoms with E-state index in [1.165, 1.54) is 0 Å². The molecule has 0 aliphatic heterocycles. The Morgan fingerprint density at radius 3 is 1.83 bits per heavy atom. The van der Waals surface area contributed by atoms with Gasteiger partial charge in [-0.15, -0.1) is 0 Å². The Kier molecular flexibility index (Phi) is 5.80. The van der Waals surface area contributed by atoms with E-state index in [0.717, 1.165) is 0 Å².